The van der Waals surface area contributed by atoms with Crippen molar-refractivity contribution in [2.75, 3.05) is 26.2 Å². The van der Waals surface area contributed by atoms with E-state index in [1.807, 2.05) is 0 Å². The summed E-state index contributed by atoms with van der Waals surface area (Å²) >= 11 is 1.61. The van der Waals surface area contributed by atoms with Gasteiger partial charge in [0.15, 0.2) is 0 Å². The van der Waals surface area contributed by atoms with E-state index >= 15 is 0 Å². The summed E-state index contributed by atoms with van der Waals surface area (Å²) in [7, 11) is 0. The molecule has 0 bridgehead atoms. The van der Waals surface area contributed by atoms with Crippen molar-refractivity contribution in [1.29, 1.82) is 0 Å². The average Bonchev–Trinajstić information content (AvgIpc) is 2.85. The predicted octanol–water partition coefficient (Wildman–Crippen LogP) is 4.64. The van der Waals surface area contributed by atoms with E-state index in [9.17, 15) is 4.39 Å². The number of fused-ring (bicyclic) bond motifs is 1. The SMILES string of the molecule is CC(C)(F)COc1nc2c(s1)CCN(CCC1CCCCC1)CC2. The van der Waals surface area contributed by atoms with Gasteiger partial charge in [0.1, 0.15) is 12.3 Å². The van der Waals surface area contributed by atoms with Crippen LogP contribution in [-0.4, -0.2) is 41.8 Å². The molecule has 0 N–H and O–H groups in total. The molecule has 2 aliphatic rings. The van der Waals surface area contributed by atoms with Gasteiger partial charge in [0.05, 0.1) is 5.69 Å². The van der Waals surface area contributed by atoms with Crippen LogP contribution in [0.5, 0.6) is 5.19 Å². The maximum absolute atomic E-state index is 13.6. The van der Waals surface area contributed by atoms with E-state index in [2.05, 4.69) is 9.88 Å². The second-order valence-electron chi connectivity index (χ2n) is 7.99. The molecule has 0 radical (unpaired) electrons. The van der Waals surface area contributed by atoms with Crippen LogP contribution in [0.3, 0.4) is 0 Å². The van der Waals surface area contributed by atoms with E-state index in [0.717, 1.165) is 31.8 Å². The lowest BCUT2D eigenvalue weighted by atomic mass is 9.87. The highest BCUT2D eigenvalue weighted by atomic mass is 32.1. The van der Waals surface area contributed by atoms with Gasteiger partial charge in [0.25, 0.3) is 5.19 Å². The number of rotatable bonds is 6. The minimum absolute atomic E-state index is 0.0763. The van der Waals surface area contributed by atoms with Crippen molar-refractivity contribution in [2.45, 2.75) is 70.9 Å². The second kappa shape index (κ2) is 8.13. The maximum atomic E-state index is 13.6. The van der Waals surface area contributed by atoms with Gasteiger partial charge in [-0.25, -0.2) is 9.37 Å². The molecule has 1 aromatic rings. The van der Waals surface area contributed by atoms with Crippen molar-refractivity contribution in [3.63, 3.8) is 0 Å². The molecule has 0 saturated heterocycles. The van der Waals surface area contributed by atoms with Crippen LogP contribution in [0.25, 0.3) is 0 Å². The van der Waals surface area contributed by atoms with E-state index in [4.69, 9.17) is 4.74 Å². The molecule has 1 aliphatic carbocycles. The smallest absolute Gasteiger partial charge is 0.273 e. The first-order chi connectivity index (χ1) is 11.5. The second-order valence-corrected chi connectivity index (χ2v) is 9.04. The Morgan fingerprint density at radius 1 is 1.21 bits per heavy atom. The van der Waals surface area contributed by atoms with Crippen LogP contribution in [0.2, 0.25) is 0 Å². The van der Waals surface area contributed by atoms with Gasteiger partial charge < -0.3 is 9.64 Å². The first-order valence-electron chi connectivity index (χ1n) is 9.52. The van der Waals surface area contributed by atoms with Gasteiger partial charge in [-0.05, 0) is 39.2 Å². The van der Waals surface area contributed by atoms with E-state index in [-0.39, 0.29) is 6.61 Å². The molecular formula is C19H31FN2OS. The lowest BCUT2D eigenvalue weighted by Gasteiger charge is -2.26. The molecule has 3 nitrogen and oxygen atoms in total. The summed E-state index contributed by atoms with van der Waals surface area (Å²) in [5.41, 5.74) is -0.134. The van der Waals surface area contributed by atoms with E-state index in [1.165, 1.54) is 69.5 Å². The monoisotopic (exact) mass is 354 g/mol. The van der Waals surface area contributed by atoms with Crippen molar-refractivity contribution >= 4 is 11.3 Å². The van der Waals surface area contributed by atoms with Crippen molar-refractivity contribution in [3.05, 3.63) is 10.6 Å². The Morgan fingerprint density at radius 3 is 2.71 bits per heavy atom. The van der Waals surface area contributed by atoms with Crippen LogP contribution in [0.15, 0.2) is 0 Å². The molecular weight excluding hydrogens is 323 g/mol. The molecule has 136 valence electrons. The van der Waals surface area contributed by atoms with Crippen molar-refractivity contribution in [2.24, 2.45) is 5.92 Å². The van der Waals surface area contributed by atoms with Crippen LogP contribution in [0.1, 0.15) is 62.9 Å². The Kier molecular flexibility index (Phi) is 6.14. The number of ether oxygens (including phenoxy) is 1. The van der Waals surface area contributed by atoms with Gasteiger partial charge in [0, 0.05) is 24.4 Å². The highest BCUT2D eigenvalue weighted by molar-refractivity contribution is 7.13. The van der Waals surface area contributed by atoms with Crippen LogP contribution in [-0.2, 0) is 12.8 Å². The Balaban J connectivity index is 1.46. The summed E-state index contributed by atoms with van der Waals surface area (Å²) in [5.74, 6) is 0.957. The Bertz CT molecular complexity index is 494. The minimum atomic E-state index is -1.31. The number of hydrogen-bond donors (Lipinski definition) is 0. The summed E-state index contributed by atoms with van der Waals surface area (Å²) in [6.45, 7) is 6.60. The summed E-state index contributed by atoms with van der Waals surface area (Å²) in [6.07, 6.45) is 10.6. The van der Waals surface area contributed by atoms with Gasteiger partial charge in [-0.3, -0.25) is 0 Å². The lowest BCUT2D eigenvalue weighted by Crippen LogP contribution is -2.29. The first-order valence-corrected chi connectivity index (χ1v) is 10.3. The largest absolute Gasteiger partial charge is 0.467 e. The zero-order valence-corrected chi connectivity index (χ0v) is 16.0. The van der Waals surface area contributed by atoms with Crippen molar-refractivity contribution < 1.29 is 9.13 Å². The summed E-state index contributed by atoms with van der Waals surface area (Å²) in [4.78, 5) is 8.54. The summed E-state index contributed by atoms with van der Waals surface area (Å²) in [5, 5.41) is 0.640. The molecule has 0 spiro atoms. The van der Waals surface area contributed by atoms with Crippen molar-refractivity contribution in [1.82, 2.24) is 9.88 Å². The molecule has 3 rings (SSSR count). The number of hydrogen-bond acceptors (Lipinski definition) is 4. The molecule has 0 unspecified atom stereocenters. The third kappa shape index (κ3) is 5.41. The number of thiazole rings is 1. The number of alkyl halides is 1. The molecule has 5 heteroatoms. The van der Waals surface area contributed by atoms with Crippen LogP contribution in [0.4, 0.5) is 4.39 Å². The van der Waals surface area contributed by atoms with Gasteiger partial charge in [-0.2, -0.15) is 0 Å². The predicted molar refractivity (Wildman–Crippen MR) is 97.8 cm³/mol. The highest BCUT2D eigenvalue weighted by Crippen LogP contribution is 2.30. The third-order valence-electron chi connectivity index (χ3n) is 5.20. The fourth-order valence-corrected chi connectivity index (χ4v) is 4.69. The zero-order chi connectivity index (χ0) is 17.0. The van der Waals surface area contributed by atoms with E-state index in [0.29, 0.717) is 5.19 Å². The highest BCUT2D eigenvalue weighted by Gasteiger charge is 2.22. The minimum Gasteiger partial charge on any atom is -0.467 e. The molecule has 1 aliphatic heterocycles. The molecule has 24 heavy (non-hydrogen) atoms. The molecule has 1 aromatic heterocycles. The quantitative estimate of drug-likeness (QED) is 0.744. The van der Waals surface area contributed by atoms with Gasteiger partial charge in [-0.1, -0.05) is 43.4 Å². The van der Waals surface area contributed by atoms with Gasteiger partial charge in [0.2, 0.25) is 0 Å². The first kappa shape index (κ1) is 18.1. The van der Waals surface area contributed by atoms with E-state index in [1.54, 1.807) is 11.3 Å². The molecule has 1 saturated carbocycles. The standard InChI is InChI=1S/C19H31FN2OS/c1-19(2,20)14-23-18-21-16-9-12-22(13-10-17(16)24-18)11-8-15-6-4-3-5-7-15/h15H,3-14H2,1-2H3. The lowest BCUT2D eigenvalue weighted by molar-refractivity contribution is 0.120. The normalized spacial score (nSPS) is 20.6. The van der Waals surface area contributed by atoms with Crippen LogP contribution in [0, 0.1) is 5.92 Å². The summed E-state index contributed by atoms with van der Waals surface area (Å²) < 4.78 is 19.1. The van der Waals surface area contributed by atoms with Crippen LogP contribution < -0.4 is 4.74 Å². The van der Waals surface area contributed by atoms with Crippen LogP contribution >= 0.6 is 11.3 Å². The van der Waals surface area contributed by atoms with Crippen molar-refractivity contribution in [3.8, 4) is 5.19 Å². The fraction of sp³-hybridized carbons (Fsp3) is 0.842. The maximum Gasteiger partial charge on any atom is 0.273 e. The molecule has 0 amide bonds. The number of nitrogens with zero attached hydrogens (tertiary/aromatic N) is 2. The Morgan fingerprint density at radius 2 is 1.96 bits per heavy atom. The molecule has 0 atom stereocenters. The Labute approximate surface area is 149 Å². The summed E-state index contributed by atoms with van der Waals surface area (Å²) in [6, 6.07) is 0. The molecule has 1 fully saturated rings. The topological polar surface area (TPSA) is 25.4 Å². The van der Waals surface area contributed by atoms with Gasteiger partial charge in [-0.15, -0.1) is 0 Å². The van der Waals surface area contributed by atoms with Gasteiger partial charge >= 0.3 is 0 Å². The molecule has 2 heterocycles. The average molecular weight is 355 g/mol. The Hall–Kier alpha value is -0.680. The molecule has 0 aromatic carbocycles. The fourth-order valence-electron chi connectivity index (χ4n) is 3.75. The number of halogens is 1. The zero-order valence-electron chi connectivity index (χ0n) is 15.2. The third-order valence-corrected chi connectivity index (χ3v) is 6.27. The van der Waals surface area contributed by atoms with E-state index < -0.39 is 5.67 Å². The number of aromatic nitrogens is 1.